The van der Waals surface area contributed by atoms with E-state index in [-0.39, 0.29) is 75.4 Å². The zero-order chi connectivity index (χ0) is 23.8. The second kappa shape index (κ2) is 10.8. The quantitative estimate of drug-likeness (QED) is 0.380. The fourth-order valence-corrected chi connectivity index (χ4v) is 10.1. The molecule has 1 aliphatic heterocycles. The molecule has 0 radical (unpaired) electrons. The van der Waals surface area contributed by atoms with E-state index in [9.17, 15) is 0 Å². The van der Waals surface area contributed by atoms with Crippen molar-refractivity contribution < 1.29 is 12.4 Å². The number of halogens is 1. The van der Waals surface area contributed by atoms with Crippen LogP contribution < -0.4 is 12.4 Å². The molecule has 0 unspecified atom stereocenters. The fourth-order valence-electron chi connectivity index (χ4n) is 2.98. The van der Waals surface area contributed by atoms with E-state index in [1.54, 1.807) is 14.4 Å². The van der Waals surface area contributed by atoms with Gasteiger partial charge in [-0.2, -0.15) is 0 Å². The molecule has 2 rings (SSSR count). The van der Waals surface area contributed by atoms with Gasteiger partial charge in [0.2, 0.25) is 0 Å². The van der Waals surface area contributed by atoms with Crippen LogP contribution in [-0.4, -0.2) is 41.4 Å². The zero-order valence-electron chi connectivity index (χ0n) is 22.2. The first-order valence-corrected chi connectivity index (χ1v) is 16.0. The average molecular weight is 682 g/mol. The molecule has 0 fully saturated rings. The molecular weight excluding hydrogens is 639 g/mol. The van der Waals surface area contributed by atoms with E-state index in [0.29, 0.717) is 0 Å². The molecule has 0 atom stereocenters. The van der Waals surface area contributed by atoms with Crippen molar-refractivity contribution in [2.45, 2.75) is 93.9 Å². The Labute approximate surface area is 224 Å². The summed E-state index contributed by atoms with van der Waals surface area (Å²) in [4.78, 5) is 0. The van der Waals surface area contributed by atoms with Gasteiger partial charge in [0.15, 0.2) is 0 Å². The normalized spacial score (nSPS) is 15.9. The monoisotopic (exact) mass is 686 g/mol. The van der Waals surface area contributed by atoms with Crippen molar-refractivity contribution in [3.8, 4) is 0 Å². The first-order chi connectivity index (χ1) is 13.9. The minimum atomic E-state index is -0.262. The Bertz CT molecular complexity index is 867. The van der Waals surface area contributed by atoms with E-state index in [0.717, 1.165) is 0 Å². The average Bonchev–Trinajstić information content (AvgIpc) is 2.58. The van der Waals surface area contributed by atoms with Gasteiger partial charge in [-0.25, -0.2) is 0 Å². The van der Waals surface area contributed by atoms with Crippen LogP contribution in [-0.2, 0) is 10.8 Å². The SMILES string of the molecule is CC(C)(C)C1=CC(=C/C=C/c2cc(C(C)(C)C)[te+]c(C(C)(C)C)c2)C=C(C(C)(C)C)[Te]1.[Cl-]. The van der Waals surface area contributed by atoms with Gasteiger partial charge in [-0.3, -0.25) is 0 Å². The van der Waals surface area contributed by atoms with Gasteiger partial charge in [0.1, 0.15) is 0 Å². The number of hydrogen-bond acceptors (Lipinski definition) is 0. The fraction of sp³-hybridized carbons (Fsp3) is 0.552. The van der Waals surface area contributed by atoms with E-state index >= 15 is 0 Å². The van der Waals surface area contributed by atoms with Crippen molar-refractivity contribution in [2.75, 3.05) is 0 Å². The van der Waals surface area contributed by atoms with Gasteiger partial charge in [-0.05, 0) is 0 Å². The molecule has 0 bridgehead atoms. The van der Waals surface area contributed by atoms with Crippen molar-refractivity contribution in [1.29, 1.82) is 0 Å². The Morgan fingerprint density at radius 1 is 0.656 bits per heavy atom. The second-order valence-corrected chi connectivity index (χ2v) is 19.0. The third-order valence-electron chi connectivity index (χ3n) is 5.17. The molecule has 1 aliphatic rings. The van der Waals surface area contributed by atoms with Crippen LogP contribution in [0.3, 0.4) is 0 Å². The molecule has 1 aromatic rings. The molecule has 0 N–H and O–H groups in total. The second-order valence-electron chi connectivity index (χ2n) is 12.8. The Kier molecular flexibility index (Phi) is 10.2. The summed E-state index contributed by atoms with van der Waals surface area (Å²) in [5.74, 6) is 0. The molecule has 0 saturated carbocycles. The summed E-state index contributed by atoms with van der Waals surface area (Å²) < 4.78 is 6.63. The Morgan fingerprint density at radius 2 is 1.06 bits per heavy atom. The van der Waals surface area contributed by atoms with E-state index in [1.165, 1.54) is 11.1 Å². The predicted octanol–water partition coefficient (Wildman–Crippen LogP) is 5.14. The summed E-state index contributed by atoms with van der Waals surface area (Å²) in [7, 11) is 0. The van der Waals surface area contributed by atoms with Crippen LogP contribution in [0.5, 0.6) is 0 Å². The van der Waals surface area contributed by atoms with E-state index in [2.05, 4.69) is 126 Å². The molecule has 2 heterocycles. The molecule has 0 aliphatic carbocycles. The molecule has 0 nitrogen and oxygen atoms in total. The smallest absolute Gasteiger partial charge is 1.00 e. The maximum Gasteiger partial charge on any atom is -1.00 e. The van der Waals surface area contributed by atoms with Gasteiger partial charge < -0.3 is 12.4 Å². The van der Waals surface area contributed by atoms with Gasteiger partial charge in [0.25, 0.3) is 0 Å². The zero-order valence-corrected chi connectivity index (χ0v) is 27.7. The van der Waals surface area contributed by atoms with Crippen molar-refractivity contribution in [3.05, 3.63) is 62.0 Å². The molecule has 0 saturated heterocycles. The van der Waals surface area contributed by atoms with E-state index < -0.39 is 0 Å². The van der Waals surface area contributed by atoms with Gasteiger partial charge in [0, 0.05) is 0 Å². The topological polar surface area (TPSA) is 0 Å². The summed E-state index contributed by atoms with van der Waals surface area (Å²) in [6.45, 7) is 28.4. The first-order valence-electron chi connectivity index (χ1n) is 11.4. The molecule has 0 aromatic carbocycles. The van der Waals surface area contributed by atoms with Crippen molar-refractivity contribution in [3.63, 3.8) is 0 Å². The van der Waals surface area contributed by atoms with E-state index in [4.69, 9.17) is 0 Å². The Hall–Kier alpha value is 0.179. The maximum atomic E-state index is 2.46. The van der Waals surface area contributed by atoms with Crippen LogP contribution in [0.15, 0.2) is 49.3 Å². The summed E-state index contributed by atoms with van der Waals surface area (Å²) in [6.07, 6.45) is 11.8. The van der Waals surface area contributed by atoms with Crippen LogP contribution in [0, 0.1) is 10.8 Å². The standard InChI is InChI=1S/C29H43Te2.ClH/c1-26(2,3)22-16-20(17-23(30-22)27(4,5)6)14-13-15-21-18-24(28(7,8)9)31-25(19-21)29(10,11)12;/h13-19H,1-12H3;1H/q+1;/p-1. The van der Waals surface area contributed by atoms with Gasteiger partial charge in [-0.1, -0.05) is 0 Å². The predicted molar refractivity (Wildman–Crippen MR) is 143 cm³/mol. The van der Waals surface area contributed by atoms with Crippen LogP contribution in [0.4, 0.5) is 0 Å². The summed E-state index contributed by atoms with van der Waals surface area (Å²) in [5, 5.41) is 0. The molecule has 178 valence electrons. The molecule has 3 heteroatoms. The molecule has 0 amide bonds. The molecule has 1 aromatic heterocycles. The molecule has 32 heavy (non-hydrogen) atoms. The van der Waals surface area contributed by atoms with Crippen molar-refractivity contribution >= 4 is 47.4 Å². The number of hydrogen-bond donors (Lipinski definition) is 0. The van der Waals surface area contributed by atoms with Gasteiger partial charge in [-0.15, -0.1) is 0 Å². The van der Waals surface area contributed by atoms with Crippen LogP contribution in [0.25, 0.3) is 6.08 Å². The maximum absolute atomic E-state index is 2.46. The van der Waals surface area contributed by atoms with Crippen LogP contribution in [0.2, 0.25) is 0 Å². The first kappa shape index (κ1) is 30.2. The molecular formula is C29H43ClTe2. The summed E-state index contributed by atoms with van der Waals surface area (Å²) in [6, 6.07) is 4.93. The van der Waals surface area contributed by atoms with Gasteiger partial charge >= 0.3 is 214 Å². The minimum Gasteiger partial charge on any atom is -1.00 e. The largest absolute Gasteiger partial charge is 1.00 e. The molecule has 0 spiro atoms. The Balaban J connectivity index is 0.00000512. The van der Waals surface area contributed by atoms with E-state index in [1.807, 2.05) is 0 Å². The Morgan fingerprint density at radius 3 is 1.41 bits per heavy atom. The van der Waals surface area contributed by atoms with Crippen LogP contribution >= 0.6 is 0 Å². The third kappa shape index (κ3) is 8.75. The third-order valence-corrected chi connectivity index (χ3v) is 16.0. The minimum absolute atomic E-state index is 0. The summed E-state index contributed by atoms with van der Waals surface area (Å²) in [5.41, 5.74) is 3.74. The number of rotatable bonds is 2. The summed E-state index contributed by atoms with van der Waals surface area (Å²) >= 11 is -0.524. The van der Waals surface area contributed by atoms with Crippen LogP contribution in [0.1, 0.15) is 95.8 Å². The van der Waals surface area contributed by atoms with Crippen molar-refractivity contribution in [1.82, 2.24) is 0 Å². The number of allylic oxidation sites excluding steroid dienone is 7. The van der Waals surface area contributed by atoms with Crippen molar-refractivity contribution in [2.24, 2.45) is 10.8 Å². The van der Waals surface area contributed by atoms with Gasteiger partial charge in [0.05, 0.1) is 0 Å².